The van der Waals surface area contributed by atoms with Crippen LogP contribution in [0.1, 0.15) is 24.0 Å². The lowest BCUT2D eigenvalue weighted by Crippen LogP contribution is -2.41. The van der Waals surface area contributed by atoms with Gasteiger partial charge in [-0.2, -0.15) is 5.26 Å². The van der Waals surface area contributed by atoms with Crippen LogP contribution in [0.4, 0.5) is 8.78 Å². The monoisotopic (exact) mass is 621 g/mol. The number of nitrogens with zero attached hydrogens (tertiary/aromatic N) is 2. The van der Waals surface area contributed by atoms with Gasteiger partial charge in [0.05, 0.1) is 29.7 Å². The zero-order valence-electron chi connectivity index (χ0n) is 17.9. The number of fused-ring (bicyclic) bond motifs is 1. The Morgan fingerprint density at radius 1 is 1.20 bits per heavy atom. The highest BCUT2D eigenvalue weighted by Gasteiger charge is 2.44. The van der Waals surface area contributed by atoms with Crippen molar-refractivity contribution in [3.05, 3.63) is 96.2 Å². The van der Waals surface area contributed by atoms with Crippen molar-refractivity contribution >= 4 is 60.4 Å². The average molecular weight is 623 g/mol. The van der Waals surface area contributed by atoms with Gasteiger partial charge < -0.3 is 10.5 Å². The highest BCUT2D eigenvalue weighted by atomic mass is 79.9. The Kier molecular flexibility index (Phi) is 7.17. The van der Waals surface area contributed by atoms with Crippen molar-refractivity contribution in [1.82, 2.24) is 4.90 Å². The van der Waals surface area contributed by atoms with Crippen molar-refractivity contribution in [1.29, 1.82) is 5.26 Å². The van der Waals surface area contributed by atoms with E-state index < -0.39 is 29.4 Å². The summed E-state index contributed by atoms with van der Waals surface area (Å²) in [6, 6.07) is 10.3. The number of hydrogen-bond acceptors (Lipinski definition) is 6. The number of halogens is 4. The molecule has 4 rings (SSSR count). The molecule has 2 N–H and O–H groups in total. The normalized spacial score (nSPS) is 17.7. The van der Waals surface area contributed by atoms with Crippen molar-refractivity contribution < 1.29 is 23.1 Å². The second-order valence-corrected chi connectivity index (χ2v) is 10.2. The van der Waals surface area contributed by atoms with Crippen molar-refractivity contribution in [2.45, 2.75) is 12.8 Å². The van der Waals surface area contributed by atoms with Crippen LogP contribution in [-0.4, -0.2) is 23.4 Å². The summed E-state index contributed by atoms with van der Waals surface area (Å²) >= 11 is 7.49. The van der Waals surface area contributed by atoms with Crippen LogP contribution in [0.15, 0.2) is 73.4 Å². The van der Waals surface area contributed by atoms with Crippen molar-refractivity contribution in [2.75, 3.05) is 6.61 Å². The molecular formula is C24H15Br2F2N3O3S. The minimum absolute atomic E-state index is 0.00753. The van der Waals surface area contributed by atoms with Gasteiger partial charge in [-0.1, -0.05) is 43.6 Å². The smallest absolute Gasteiger partial charge is 0.337 e. The SMILES string of the molecule is CCOC(=O)C1=C2SC(c3cc(Br)ccc3F)=CC(=O)N2C(N)=C(C#N)C1c1cc(Br)ccc1F. The summed E-state index contributed by atoms with van der Waals surface area (Å²) in [7, 11) is 0. The zero-order chi connectivity index (χ0) is 25.4. The minimum atomic E-state index is -1.25. The third-order valence-electron chi connectivity index (χ3n) is 5.29. The molecule has 0 fully saturated rings. The predicted octanol–water partition coefficient (Wildman–Crippen LogP) is 5.67. The van der Waals surface area contributed by atoms with Gasteiger partial charge in [0.15, 0.2) is 0 Å². The maximum absolute atomic E-state index is 15.0. The van der Waals surface area contributed by atoms with Crippen molar-refractivity contribution in [2.24, 2.45) is 5.73 Å². The lowest BCUT2D eigenvalue weighted by atomic mass is 9.82. The second kappa shape index (κ2) is 9.97. The van der Waals surface area contributed by atoms with E-state index in [1.54, 1.807) is 6.92 Å². The molecule has 0 aromatic heterocycles. The van der Waals surface area contributed by atoms with Crippen LogP contribution >= 0.6 is 43.6 Å². The lowest BCUT2D eigenvalue weighted by molar-refractivity contribution is -0.138. The summed E-state index contributed by atoms with van der Waals surface area (Å²) in [6.45, 7) is 1.58. The molecule has 2 aromatic carbocycles. The van der Waals surface area contributed by atoms with Gasteiger partial charge in [0.25, 0.3) is 5.91 Å². The first kappa shape index (κ1) is 25.2. The second-order valence-electron chi connectivity index (χ2n) is 7.36. The highest BCUT2D eigenvalue weighted by molar-refractivity contribution is 9.10. The van der Waals surface area contributed by atoms with Gasteiger partial charge in [-0.25, -0.2) is 13.6 Å². The number of hydrogen-bond donors (Lipinski definition) is 1. The van der Waals surface area contributed by atoms with Crippen molar-refractivity contribution in [3.8, 4) is 6.07 Å². The zero-order valence-corrected chi connectivity index (χ0v) is 21.9. The number of allylic oxidation sites excluding steroid dienone is 1. The standard InChI is InChI=1S/C24H15Br2F2N3O3S/c1-2-34-24(33)21-20(14-8-12(26)4-6-17(14)28)15(10-29)22(30)31-19(32)9-18(35-23(21)31)13-7-11(25)3-5-16(13)27/h3-9,20H,2,30H2,1H3. The number of amides is 1. The Labute approximate surface area is 220 Å². The van der Waals surface area contributed by atoms with E-state index in [2.05, 4.69) is 31.9 Å². The molecule has 2 aliphatic rings. The average Bonchev–Trinajstić information content (AvgIpc) is 2.81. The number of carbonyl (C=O) groups excluding carboxylic acids is 2. The number of benzene rings is 2. The van der Waals surface area contributed by atoms with E-state index in [0.29, 0.717) is 8.95 Å². The van der Waals surface area contributed by atoms with Gasteiger partial charge >= 0.3 is 5.97 Å². The molecule has 1 atom stereocenters. The van der Waals surface area contributed by atoms with Gasteiger partial charge in [0.1, 0.15) is 22.5 Å². The Bertz CT molecular complexity index is 1420. The summed E-state index contributed by atoms with van der Waals surface area (Å²) in [5, 5.41) is 9.96. The quantitative estimate of drug-likeness (QED) is 0.441. The molecule has 2 aromatic rings. The molecule has 0 aliphatic carbocycles. The fourth-order valence-corrected chi connectivity index (χ4v) is 5.76. The van der Waals surface area contributed by atoms with E-state index >= 15 is 4.39 Å². The van der Waals surface area contributed by atoms with Crippen molar-refractivity contribution in [3.63, 3.8) is 0 Å². The molecule has 178 valence electrons. The number of carbonyl (C=O) groups is 2. The Morgan fingerprint density at radius 3 is 2.51 bits per heavy atom. The number of rotatable bonds is 4. The van der Waals surface area contributed by atoms with Crippen LogP contribution in [0.3, 0.4) is 0 Å². The molecule has 0 spiro atoms. The molecule has 0 saturated carbocycles. The van der Waals surface area contributed by atoms with Gasteiger partial charge in [-0.05, 0) is 43.3 Å². The largest absolute Gasteiger partial charge is 0.463 e. The molecule has 1 amide bonds. The first-order valence-electron chi connectivity index (χ1n) is 10.1. The highest BCUT2D eigenvalue weighted by Crippen LogP contribution is 2.51. The van der Waals surface area contributed by atoms with Gasteiger partial charge in [0, 0.05) is 31.1 Å². The molecule has 2 heterocycles. The van der Waals surface area contributed by atoms with E-state index in [0.717, 1.165) is 16.7 Å². The van der Waals surface area contributed by atoms with E-state index in [1.807, 2.05) is 6.07 Å². The minimum Gasteiger partial charge on any atom is -0.463 e. The van der Waals surface area contributed by atoms with Gasteiger partial charge in [-0.3, -0.25) is 9.69 Å². The number of ether oxygens (including phenoxy) is 1. The van der Waals surface area contributed by atoms with Crippen LogP contribution < -0.4 is 5.73 Å². The first-order valence-corrected chi connectivity index (χ1v) is 12.5. The Morgan fingerprint density at radius 2 is 1.86 bits per heavy atom. The van der Waals surface area contributed by atoms with Crippen LogP contribution in [0.5, 0.6) is 0 Å². The molecule has 2 aliphatic heterocycles. The van der Waals surface area contributed by atoms with Gasteiger partial charge in [-0.15, -0.1) is 0 Å². The molecule has 6 nitrogen and oxygen atoms in total. The maximum atomic E-state index is 15.0. The van der Waals surface area contributed by atoms with E-state index in [4.69, 9.17) is 10.5 Å². The predicted molar refractivity (Wildman–Crippen MR) is 134 cm³/mol. The topological polar surface area (TPSA) is 96.4 Å². The van der Waals surface area contributed by atoms with Crippen LogP contribution in [0, 0.1) is 23.0 Å². The number of nitrogens with two attached hydrogens (primary N) is 1. The molecule has 0 saturated heterocycles. The van der Waals surface area contributed by atoms with E-state index in [9.17, 15) is 19.2 Å². The van der Waals surface area contributed by atoms with Crippen LogP contribution in [0.2, 0.25) is 0 Å². The molecule has 0 radical (unpaired) electrons. The number of thioether (sulfide) groups is 1. The summed E-state index contributed by atoms with van der Waals surface area (Å²) in [5.41, 5.74) is 6.02. The molecule has 1 unspecified atom stereocenters. The summed E-state index contributed by atoms with van der Waals surface area (Å²) < 4.78 is 36.0. The summed E-state index contributed by atoms with van der Waals surface area (Å²) in [4.78, 5) is 27.6. The Hall–Kier alpha value is -2.94. The van der Waals surface area contributed by atoms with Crippen LogP contribution in [0.25, 0.3) is 4.91 Å². The number of esters is 1. The molecule has 11 heteroatoms. The summed E-state index contributed by atoms with van der Waals surface area (Å²) in [5.74, 6) is -4.31. The third-order valence-corrected chi connectivity index (χ3v) is 7.43. The lowest BCUT2D eigenvalue weighted by Gasteiger charge is -2.37. The fourth-order valence-electron chi connectivity index (χ4n) is 3.80. The van der Waals surface area contributed by atoms with Crippen LogP contribution in [-0.2, 0) is 14.3 Å². The Balaban J connectivity index is 2.01. The third kappa shape index (κ3) is 4.53. The number of nitriles is 1. The van der Waals surface area contributed by atoms with Gasteiger partial charge in [0.2, 0.25) is 0 Å². The maximum Gasteiger partial charge on any atom is 0.337 e. The van der Waals surface area contributed by atoms with E-state index in [1.165, 1.54) is 42.5 Å². The molecule has 0 bridgehead atoms. The molecular weight excluding hydrogens is 608 g/mol. The van der Waals surface area contributed by atoms with E-state index in [-0.39, 0.29) is 44.6 Å². The molecule has 35 heavy (non-hydrogen) atoms. The first-order chi connectivity index (χ1) is 16.7. The summed E-state index contributed by atoms with van der Waals surface area (Å²) in [6.07, 6.45) is 1.17. The fraction of sp³-hybridized carbons (Fsp3) is 0.125.